The zero-order valence-electron chi connectivity index (χ0n) is 16.3. The SMILES string of the molecule is CC(C)(C)[C@H]1CCc2c(sc(N=Cc3cc4ccccc4oc3=O)c2C#N)C1. The molecule has 0 bridgehead atoms. The Hall–Kier alpha value is -2.71. The maximum absolute atomic E-state index is 12.2. The van der Waals surface area contributed by atoms with Crippen LogP contribution >= 0.6 is 11.3 Å². The minimum absolute atomic E-state index is 0.252. The minimum atomic E-state index is -0.421. The Morgan fingerprint density at radius 2 is 2.11 bits per heavy atom. The Kier molecular flexibility index (Phi) is 4.68. The molecule has 1 atom stereocenters. The average molecular weight is 391 g/mol. The fourth-order valence-corrected chi connectivity index (χ4v) is 5.03. The lowest BCUT2D eigenvalue weighted by molar-refractivity contribution is 0.218. The standard InChI is InChI=1S/C23H22N2O2S/c1-23(2,3)16-8-9-17-18(12-24)21(28-20(17)11-16)25-13-15-10-14-6-4-5-7-19(14)27-22(15)26/h4-7,10,13,16H,8-9,11H2,1-3H3/t16-/m0/s1. The van der Waals surface area contributed by atoms with Gasteiger partial charge in [-0.05, 0) is 48.3 Å². The number of nitriles is 1. The zero-order valence-corrected chi connectivity index (χ0v) is 17.1. The Labute approximate surface area is 168 Å². The first-order valence-corrected chi connectivity index (χ1v) is 10.3. The third-order valence-corrected chi connectivity index (χ3v) is 6.73. The lowest BCUT2D eigenvalue weighted by Gasteiger charge is -2.33. The van der Waals surface area contributed by atoms with Gasteiger partial charge in [0.2, 0.25) is 0 Å². The molecule has 142 valence electrons. The quantitative estimate of drug-likeness (QED) is 0.421. The van der Waals surface area contributed by atoms with Crippen LogP contribution in [0.5, 0.6) is 0 Å². The molecule has 0 amide bonds. The van der Waals surface area contributed by atoms with Gasteiger partial charge in [-0.1, -0.05) is 39.0 Å². The van der Waals surface area contributed by atoms with E-state index in [1.807, 2.05) is 18.2 Å². The van der Waals surface area contributed by atoms with E-state index in [2.05, 4.69) is 31.8 Å². The summed E-state index contributed by atoms with van der Waals surface area (Å²) in [4.78, 5) is 18.0. The maximum Gasteiger partial charge on any atom is 0.345 e. The van der Waals surface area contributed by atoms with Crippen molar-refractivity contribution in [2.24, 2.45) is 16.3 Å². The molecule has 4 nitrogen and oxygen atoms in total. The fourth-order valence-electron chi connectivity index (χ4n) is 3.81. The van der Waals surface area contributed by atoms with Gasteiger partial charge in [0.25, 0.3) is 0 Å². The summed E-state index contributed by atoms with van der Waals surface area (Å²) in [5.41, 5.74) is 2.58. The van der Waals surface area contributed by atoms with Crippen LogP contribution in [0.1, 0.15) is 48.8 Å². The number of benzene rings is 1. The molecule has 1 aromatic carbocycles. The highest BCUT2D eigenvalue weighted by Crippen LogP contribution is 2.44. The number of hydrogen-bond donors (Lipinski definition) is 0. The Morgan fingerprint density at radius 3 is 2.86 bits per heavy atom. The summed E-state index contributed by atoms with van der Waals surface area (Å²) in [6, 6.07) is 11.5. The van der Waals surface area contributed by atoms with Crippen LogP contribution in [-0.2, 0) is 12.8 Å². The van der Waals surface area contributed by atoms with Crippen molar-refractivity contribution in [1.82, 2.24) is 0 Å². The third kappa shape index (κ3) is 3.41. The van der Waals surface area contributed by atoms with Crippen LogP contribution in [0.15, 0.2) is 44.5 Å². The van der Waals surface area contributed by atoms with Crippen molar-refractivity contribution in [1.29, 1.82) is 5.26 Å². The smallest absolute Gasteiger partial charge is 0.345 e. The summed E-state index contributed by atoms with van der Waals surface area (Å²) in [6.07, 6.45) is 4.53. The van der Waals surface area contributed by atoms with Gasteiger partial charge in [0, 0.05) is 16.5 Å². The first-order valence-electron chi connectivity index (χ1n) is 9.48. The van der Waals surface area contributed by atoms with Gasteiger partial charge in [0.15, 0.2) is 0 Å². The second-order valence-corrected chi connectivity index (χ2v) is 9.47. The number of aliphatic imine (C=N–C) groups is 1. The molecule has 3 aromatic rings. The molecule has 0 saturated heterocycles. The lowest BCUT2D eigenvalue weighted by atomic mass is 9.72. The van der Waals surface area contributed by atoms with Gasteiger partial charge in [0.1, 0.15) is 16.7 Å². The Morgan fingerprint density at radius 1 is 1.32 bits per heavy atom. The van der Waals surface area contributed by atoms with Gasteiger partial charge < -0.3 is 4.42 Å². The minimum Gasteiger partial charge on any atom is -0.422 e. The summed E-state index contributed by atoms with van der Waals surface area (Å²) in [5, 5.41) is 11.2. The molecule has 2 aromatic heterocycles. The van der Waals surface area contributed by atoms with Crippen molar-refractivity contribution in [3.05, 3.63) is 62.3 Å². The molecule has 0 spiro atoms. The summed E-state index contributed by atoms with van der Waals surface area (Å²) in [7, 11) is 0. The van der Waals surface area contributed by atoms with E-state index in [4.69, 9.17) is 4.42 Å². The highest BCUT2D eigenvalue weighted by atomic mass is 32.1. The van der Waals surface area contributed by atoms with Crippen LogP contribution in [0.3, 0.4) is 0 Å². The van der Waals surface area contributed by atoms with Crippen molar-refractivity contribution in [2.75, 3.05) is 0 Å². The van der Waals surface area contributed by atoms with Crippen molar-refractivity contribution in [2.45, 2.75) is 40.0 Å². The van der Waals surface area contributed by atoms with Gasteiger partial charge in [0.05, 0.1) is 11.1 Å². The summed E-state index contributed by atoms with van der Waals surface area (Å²) in [6.45, 7) is 6.83. The first-order chi connectivity index (χ1) is 13.4. The Balaban J connectivity index is 1.70. The number of fused-ring (bicyclic) bond motifs is 2. The molecule has 1 aliphatic carbocycles. The average Bonchev–Trinajstić information content (AvgIpc) is 3.02. The molecule has 1 aliphatic rings. The molecule has 2 heterocycles. The van der Waals surface area contributed by atoms with Gasteiger partial charge >= 0.3 is 5.63 Å². The molecule has 0 radical (unpaired) electrons. The number of hydrogen-bond acceptors (Lipinski definition) is 5. The van der Waals surface area contributed by atoms with Crippen LogP contribution in [0.25, 0.3) is 11.0 Å². The fraction of sp³-hybridized carbons (Fsp3) is 0.348. The van der Waals surface area contributed by atoms with Crippen molar-refractivity contribution in [3.63, 3.8) is 0 Å². The number of rotatable bonds is 2. The topological polar surface area (TPSA) is 66.4 Å². The van der Waals surface area contributed by atoms with E-state index >= 15 is 0 Å². The van der Waals surface area contributed by atoms with E-state index in [1.54, 1.807) is 23.5 Å². The molecule has 0 fully saturated rings. The number of thiophene rings is 1. The van der Waals surface area contributed by atoms with Crippen molar-refractivity contribution >= 4 is 33.5 Å². The van der Waals surface area contributed by atoms with Crippen molar-refractivity contribution in [3.8, 4) is 6.07 Å². The third-order valence-electron chi connectivity index (χ3n) is 5.57. The molecule has 0 unspecified atom stereocenters. The molecule has 5 heteroatoms. The second kappa shape index (κ2) is 7.03. The summed E-state index contributed by atoms with van der Waals surface area (Å²) < 4.78 is 5.36. The Bertz CT molecular complexity index is 1170. The van der Waals surface area contributed by atoms with Gasteiger partial charge in [-0.15, -0.1) is 11.3 Å². The first kappa shape index (κ1) is 18.6. The van der Waals surface area contributed by atoms with E-state index in [-0.39, 0.29) is 5.41 Å². The van der Waals surface area contributed by atoms with E-state index in [9.17, 15) is 10.1 Å². The normalized spacial score (nSPS) is 17.0. The highest BCUT2D eigenvalue weighted by molar-refractivity contribution is 7.16. The van der Waals surface area contributed by atoms with Crippen LogP contribution < -0.4 is 5.63 Å². The number of para-hydroxylation sites is 1. The highest BCUT2D eigenvalue weighted by Gasteiger charge is 2.32. The van der Waals surface area contributed by atoms with Crippen LogP contribution in [-0.4, -0.2) is 6.21 Å². The van der Waals surface area contributed by atoms with Crippen molar-refractivity contribution < 1.29 is 4.42 Å². The van der Waals surface area contributed by atoms with Crippen LogP contribution in [0.2, 0.25) is 0 Å². The van der Waals surface area contributed by atoms with Gasteiger partial charge in [-0.2, -0.15) is 5.26 Å². The van der Waals surface area contributed by atoms with Gasteiger partial charge in [-0.25, -0.2) is 9.79 Å². The zero-order chi connectivity index (χ0) is 19.9. The predicted octanol–water partition coefficient (Wildman–Crippen LogP) is 5.63. The maximum atomic E-state index is 12.2. The van der Waals surface area contributed by atoms with E-state index in [1.165, 1.54) is 11.1 Å². The largest absolute Gasteiger partial charge is 0.422 e. The van der Waals surface area contributed by atoms with Gasteiger partial charge in [-0.3, -0.25) is 0 Å². The summed E-state index contributed by atoms with van der Waals surface area (Å²) in [5.74, 6) is 0.606. The molecule has 0 saturated carbocycles. The van der Waals surface area contributed by atoms with E-state index in [0.717, 1.165) is 30.2 Å². The molecule has 28 heavy (non-hydrogen) atoms. The summed E-state index contributed by atoms with van der Waals surface area (Å²) >= 11 is 1.58. The molecular weight excluding hydrogens is 368 g/mol. The molecule has 4 rings (SSSR count). The lowest BCUT2D eigenvalue weighted by Crippen LogP contribution is -2.26. The molecule has 0 aliphatic heterocycles. The monoisotopic (exact) mass is 390 g/mol. The van der Waals surface area contributed by atoms with Crippen LogP contribution in [0, 0.1) is 22.7 Å². The molecular formula is C23H22N2O2S. The van der Waals surface area contributed by atoms with Crippen LogP contribution in [0.4, 0.5) is 5.00 Å². The second-order valence-electron chi connectivity index (χ2n) is 8.39. The number of nitrogens with zero attached hydrogens (tertiary/aromatic N) is 2. The predicted molar refractivity (Wildman–Crippen MR) is 114 cm³/mol. The van der Waals surface area contributed by atoms with E-state index in [0.29, 0.717) is 27.6 Å². The van der Waals surface area contributed by atoms with E-state index < -0.39 is 5.63 Å². The molecule has 0 N–H and O–H groups in total.